The van der Waals surface area contributed by atoms with Crippen molar-refractivity contribution in [1.82, 2.24) is 0 Å². The van der Waals surface area contributed by atoms with Crippen molar-refractivity contribution in [3.05, 3.63) is 249 Å². The van der Waals surface area contributed by atoms with Gasteiger partial charge in [0.2, 0.25) is 0 Å². The predicted molar refractivity (Wildman–Crippen MR) is 261 cm³/mol. The van der Waals surface area contributed by atoms with Crippen LogP contribution in [-0.4, -0.2) is 0 Å². The molecule has 11 aromatic rings. The lowest BCUT2D eigenvalue weighted by Gasteiger charge is -2.29. The second-order valence-corrected chi connectivity index (χ2v) is 15.6. The first-order valence-electron chi connectivity index (χ1n) is 21.2. The third kappa shape index (κ3) is 6.84. The Bertz CT molecular complexity index is 3310. The highest BCUT2D eigenvalue weighted by molar-refractivity contribution is 6.14. The summed E-state index contributed by atoms with van der Waals surface area (Å²) in [7, 11) is 0. The molecule has 2 heteroatoms. The molecule has 1 heterocycles. The summed E-state index contributed by atoms with van der Waals surface area (Å²) in [6.45, 7) is 0. The third-order valence-electron chi connectivity index (χ3n) is 11.9. The number of benzene rings is 10. The second-order valence-electron chi connectivity index (χ2n) is 15.6. The maximum absolute atomic E-state index is 6.50. The number of hydrogen-bond acceptors (Lipinski definition) is 2. The average Bonchev–Trinajstić information content (AvgIpc) is 3.75. The van der Waals surface area contributed by atoms with Crippen molar-refractivity contribution in [2.45, 2.75) is 0 Å². The van der Waals surface area contributed by atoms with Gasteiger partial charge in [-0.1, -0.05) is 206 Å². The van der Waals surface area contributed by atoms with Crippen LogP contribution < -0.4 is 4.90 Å². The Labute approximate surface area is 362 Å². The molecular weight excluding hydrogens is 751 g/mol. The molecule has 0 fully saturated rings. The minimum absolute atomic E-state index is 0.854. The van der Waals surface area contributed by atoms with Gasteiger partial charge in [0, 0.05) is 16.6 Å². The zero-order valence-corrected chi connectivity index (χ0v) is 34.0. The quantitative estimate of drug-likeness (QED) is 0.145. The Balaban J connectivity index is 1.08. The van der Waals surface area contributed by atoms with Gasteiger partial charge in [-0.05, 0) is 104 Å². The van der Waals surface area contributed by atoms with Crippen LogP contribution in [-0.2, 0) is 0 Å². The largest absolute Gasteiger partial charge is 0.456 e. The highest BCUT2D eigenvalue weighted by Gasteiger charge is 2.23. The van der Waals surface area contributed by atoms with Crippen LogP contribution in [0, 0.1) is 0 Å². The molecule has 0 saturated carbocycles. The Morgan fingerprint density at radius 3 is 1.35 bits per heavy atom. The van der Waals surface area contributed by atoms with E-state index >= 15 is 0 Å². The maximum Gasteiger partial charge on any atom is 0.137 e. The summed E-state index contributed by atoms with van der Waals surface area (Å²) in [4.78, 5) is 2.41. The zero-order valence-electron chi connectivity index (χ0n) is 34.0. The molecule has 62 heavy (non-hydrogen) atoms. The van der Waals surface area contributed by atoms with E-state index in [1.165, 1.54) is 50.1 Å². The first-order chi connectivity index (χ1) is 30.8. The van der Waals surface area contributed by atoms with E-state index in [1.807, 2.05) is 6.07 Å². The van der Waals surface area contributed by atoms with Crippen LogP contribution in [0.15, 0.2) is 253 Å². The number of nitrogens with zero attached hydrogens (tertiary/aromatic N) is 1. The van der Waals surface area contributed by atoms with Crippen molar-refractivity contribution >= 4 is 39.0 Å². The van der Waals surface area contributed by atoms with Gasteiger partial charge in [0.25, 0.3) is 0 Å². The molecule has 1 aromatic heterocycles. The minimum atomic E-state index is 0.854. The third-order valence-corrected chi connectivity index (χ3v) is 11.9. The standard InChI is InChI=1S/C60H41NO/c1-4-17-42(18-5-1)44-31-33-45(34-32-44)46-35-38-49(39-36-46)61(57-28-16-30-59-60(57)54-26-13-15-29-58(54)62-59)56-27-14-12-25-53(56)51-24-11-10-23-50(51)52-40-37-48(43-19-6-2-7-20-43)41-55(52)47-21-8-3-9-22-47/h1-41H. The van der Waals surface area contributed by atoms with Crippen LogP contribution >= 0.6 is 0 Å². The number of para-hydroxylation sites is 2. The van der Waals surface area contributed by atoms with Crippen molar-refractivity contribution in [3.63, 3.8) is 0 Å². The Kier molecular flexibility index (Phi) is 9.57. The maximum atomic E-state index is 6.50. The molecule has 0 saturated heterocycles. The van der Waals surface area contributed by atoms with Crippen LogP contribution in [0.3, 0.4) is 0 Å². The van der Waals surface area contributed by atoms with Gasteiger partial charge in [0.05, 0.1) is 16.8 Å². The van der Waals surface area contributed by atoms with Crippen LogP contribution in [0.2, 0.25) is 0 Å². The lowest BCUT2D eigenvalue weighted by Crippen LogP contribution is -2.11. The van der Waals surface area contributed by atoms with Crippen LogP contribution in [0.1, 0.15) is 0 Å². The van der Waals surface area contributed by atoms with Crippen LogP contribution in [0.25, 0.3) is 88.7 Å². The fourth-order valence-electron chi connectivity index (χ4n) is 8.93. The summed E-state index contributed by atoms with van der Waals surface area (Å²) in [5.41, 5.74) is 19.0. The average molecular weight is 792 g/mol. The topological polar surface area (TPSA) is 16.4 Å². The Hall–Kier alpha value is -8.20. The van der Waals surface area contributed by atoms with Gasteiger partial charge in [-0.3, -0.25) is 0 Å². The molecule has 0 amide bonds. The molecule has 0 aliphatic rings. The number of anilines is 3. The monoisotopic (exact) mass is 791 g/mol. The fraction of sp³-hybridized carbons (Fsp3) is 0. The fourth-order valence-corrected chi connectivity index (χ4v) is 8.93. The molecule has 292 valence electrons. The Morgan fingerprint density at radius 1 is 0.258 bits per heavy atom. The van der Waals surface area contributed by atoms with Crippen molar-refractivity contribution in [2.75, 3.05) is 4.90 Å². The van der Waals surface area contributed by atoms with E-state index in [4.69, 9.17) is 4.42 Å². The Morgan fingerprint density at radius 2 is 0.694 bits per heavy atom. The molecule has 11 rings (SSSR count). The highest BCUT2D eigenvalue weighted by atomic mass is 16.3. The van der Waals surface area contributed by atoms with Gasteiger partial charge < -0.3 is 9.32 Å². The molecular formula is C60H41NO. The summed E-state index contributed by atoms with van der Waals surface area (Å²) in [6.07, 6.45) is 0. The number of fused-ring (bicyclic) bond motifs is 3. The van der Waals surface area contributed by atoms with Crippen molar-refractivity contribution in [3.8, 4) is 66.8 Å². The lowest BCUT2D eigenvalue weighted by molar-refractivity contribution is 0.669. The number of hydrogen-bond donors (Lipinski definition) is 0. The number of rotatable bonds is 9. The van der Waals surface area contributed by atoms with Gasteiger partial charge in [0.1, 0.15) is 11.2 Å². The molecule has 0 N–H and O–H groups in total. The van der Waals surface area contributed by atoms with E-state index in [0.717, 1.165) is 55.7 Å². The van der Waals surface area contributed by atoms with Crippen LogP contribution in [0.5, 0.6) is 0 Å². The van der Waals surface area contributed by atoms with E-state index in [-0.39, 0.29) is 0 Å². The highest BCUT2D eigenvalue weighted by Crippen LogP contribution is 2.48. The SMILES string of the molecule is c1ccc(-c2ccc(-c3ccc(N(c4ccccc4-c4ccccc4-c4ccc(-c5ccccc5)cc4-c4ccccc4)c4cccc5oc6ccccc6c45)cc3)cc2)cc1. The van der Waals surface area contributed by atoms with E-state index in [2.05, 4.69) is 248 Å². The molecule has 0 radical (unpaired) electrons. The van der Waals surface area contributed by atoms with Crippen molar-refractivity contribution < 1.29 is 4.42 Å². The normalized spacial score (nSPS) is 11.2. The first-order valence-corrected chi connectivity index (χ1v) is 21.2. The summed E-state index contributed by atoms with van der Waals surface area (Å²) in [5, 5.41) is 2.16. The first kappa shape index (κ1) is 36.8. The second kappa shape index (κ2) is 16.1. The van der Waals surface area contributed by atoms with Gasteiger partial charge in [0.15, 0.2) is 0 Å². The van der Waals surface area contributed by atoms with Crippen molar-refractivity contribution in [1.29, 1.82) is 0 Å². The lowest BCUT2D eigenvalue weighted by atomic mass is 9.87. The molecule has 0 unspecified atom stereocenters. The molecule has 0 bridgehead atoms. The number of furan rings is 1. The summed E-state index contributed by atoms with van der Waals surface area (Å²) >= 11 is 0. The zero-order chi connectivity index (χ0) is 41.2. The van der Waals surface area contributed by atoms with E-state index < -0.39 is 0 Å². The molecule has 0 aliphatic heterocycles. The summed E-state index contributed by atoms with van der Waals surface area (Å²) in [5.74, 6) is 0. The smallest absolute Gasteiger partial charge is 0.137 e. The summed E-state index contributed by atoms with van der Waals surface area (Å²) < 4.78 is 6.50. The van der Waals surface area contributed by atoms with Gasteiger partial charge in [-0.15, -0.1) is 0 Å². The van der Waals surface area contributed by atoms with Gasteiger partial charge in [-0.2, -0.15) is 0 Å². The minimum Gasteiger partial charge on any atom is -0.456 e. The van der Waals surface area contributed by atoms with Crippen molar-refractivity contribution in [2.24, 2.45) is 0 Å². The molecule has 0 aliphatic carbocycles. The summed E-state index contributed by atoms with van der Waals surface area (Å²) in [6, 6.07) is 89.1. The van der Waals surface area contributed by atoms with Gasteiger partial charge >= 0.3 is 0 Å². The van der Waals surface area contributed by atoms with Crippen LogP contribution in [0.4, 0.5) is 17.1 Å². The van der Waals surface area contributed by atoms with E-state index in [0.29, 0.717) is 0 Å². The molecule has 0 spiro atoms. The van der Waals surface area contributed by atoms with E-state index in [9.17, 15) is 0 Å². The molecule has 0 atom stereocenters. The molecule has 10 aromatic carbocycles. The molecule has 2 nitrogen and oxygen atoms in total. The predicted octanol–water partition coefficient (Wildman–Crippen LogP) is 17.1. The van der Waals surface area contributed by atoms with Gasteiger partial charge in [-0.25, -0.2) is 0 Å². The van der Waals surface area contributed by atoms with E-state index in [1.54, 1.807) is 0 Å².